The zero-order valence-corrected chi connectivity index (χ0v) is 25.6. The Morgan fingerprint density at radius 1 is 0.932 bits per heavy atom. The third-order valence-electron chi connectivity index (χ3n) is 6.63. The lowest BCUT2D eigenvalue weighted by Gasteiger charge is -2.21. The maximum Gasteiger partial charge on any atom is 0.418 e. The molecular formula is C31H34F3N5O4S. The van der Waals surface area contributed by atoms with Crippen LogP contribution in [0.4, 0.5) is 18.0 Å². The van der Waals surface area contributed by atoms with Gasteiger partial charge in [0.2, 0.25) is 0 Å². The fraction of sp³-hybridized carbons (Fsp3) is 0.323. The maximum absolute atomic E-state index is 13.7. The van der Waals surface area contributed by atoms with Crippen LogP contribution in [0, 0.1) is 0 Å². The molecule has 0 fully saturated rings. The molecular weight excluding hydrogens is 595 g/mol. The summed E-state index contributed by atoms with van der Waals surface area (Å²) in [6.45, 7) is 7.18. The number of hydrogen-bond acceptors (Lipinski definition) is 5. The van der Waals surface area contributed by atoms with Gasteiger partial charge in [-0.15, -0.1) is 5.10 Å². The summed E-state index contributed by atoms with van der Waals surface area (Å²) < 4.78 is 71.6. The van der Waals surface area contributed by atoms with Crippen LogP contribution in [0.3, 0.4) is 0 Å². The average molecular weight is 630 g/mol. The van der Waals surface area contributed by atoms with Gasteiger partial charge in [-0.2, -0.15) is 17.9 Å². The summed E-state index contributed by atoms with van der Waals surface area (Å²) in [5.74, 6) is 0.356. The van der Waals surface area contributed by atoms with E-state index in [0.717, 1.165) is 17.2 Å². The van der Waals surface area contributed by atoms with Gasteiger partial charge in [0.05, 0.1) is 22.7 Å². The number of sulfonamides is 1. The second-order valence-electron chi connectivity index (χ2n) is 11.3. The third kappa shape index (κ3) is 7.57. The van der Waals surface area contributed by atoms with Crippen molar-refractivity contribution in [2.45, 2.75) is 70.1 Å². The van der Waals surface area contributed by atoms with E-state index in [-0.39, 0.29) is 17.1 Å². The summed E-state index contributed by atoms with van der Waals surface area (Å²) in [4.78, 5) is 25.6. The highest BCUT2D eigenvalue weighted by Gasteiger charge is 2.35. The molecule has 0 saturated heterocycles. The van der Waals surface area contributed by atoms with Crippen LogP contribution in [0.1, 0.15) is 57.5 Å². The molecule has 0 bridgehead atoms. The first-order valence-electron chi connectivity index (χ1n) is 14.0. The Morgan fingerprint density at radius 2 is 1.57 bits per heavy atom. The summed E-state index contributed by atoms with van der Waals surface area (Å²) >= 11 is 0. The highest BCUT2D eigenvalue weighted by molar-refractivity contribution is 7.90. The molecule has 0 radical (unpaired) electrons. The number of nitrogens with zero attached hydrogens (tertiary/aromatic N) is 3. The van der Waals surface area contributed by atoms with E-state index in [0.29, 0.717) is 35.4 Å². The molecule has 1 aromatic heterocycles. The van der Waals surface area contributed by atoms with Crippen molar-refractivity contribution in [1.82, 2.24) is 24.4 Å². The van der Waals surface area contributed by atoms with Gasteiger partial charge in [-0.1, -0.05) is 67.9 Å². The van der Waals surface area contributed by atoms with Gasteiger partial charge in [0.1, 0.15) is 5.82 Å². The van der Waals surface area contributed by atoms with Crippen molar-refractivity contribution >= 4 is 16.1 Å². The Kier molecular flexibility index (Phi) is 9.38. The average Bonchev–Trinajstić information content (AvgIpc) is 3.25. The summed E-state index contributed by atoms with van der Waals surface area (Å²) in [5, 5.41) is 6.86. The number of benzene rings is 3. The monoisotopic (exact) mass is 629 g/mol. The summed E-state index contributed by atoms with van der Waals surface area (Å²) in [7, 11) is -4.23. The number of rotatable bonds is 9. The molecule has 2 N–H and O–H groups in total. The molecule has 0 aliphatic carbocycles. The van der Waals surface area contributed by atoms with E-state index in [2.05, 4.69) is 10.4 Å². The topological polar surface area (TPSA) is 115 Å². The first kappa shape index (κ1) is 32.5. The lowest BCUT2D eigenvalue weighted by Crippen LogP contribution is -2.48. The molecule has 0 atom stereocenters. The molecule has 44 heavy (non-hydrogen) atoms. The summed E-state index contributed by atoms with van der Waals surface area (Å²) in [6, 6.07) is 16.9. The number of unbranched alkanes of at least 4 members (excludes halogenated alkanes) is 1. The van der Waals surface area contributed by atoms with Crippen LogP contribution in [0.15, 0.2) is 82.5 Å². The quantitative estimate of drug-likeness (QED) is 0.239. The zero-order chi connectivity index (χ0) is 32.3. The molecule has 2 amide bonds. The fourth-order valence-electron chi connectivity index (χ4n) is 4.63. The first-order chi connectivity index (χ1) is 20.6. The number of aryl methyl sites for hydroxylation is 1. The van der Waals surface area contributed by atoms with Gasteiger partial charge in [0, 0.05) is 17.5 Å². The van der Waals surface area contributed by atoms with Crippen molar-refractivity contribution in [2.24, 2.45) is 0 Å². The van der Waals surface area contributed by atoms with Crippen molar-refractivity contribution in [3.8, 4) is 16.8 Å². The molecule has 13 heteroatoms. The number of hydrogen-bond donors (Lipinski definition) is 2. The Labute approximate surface area is 253 Å². The highest BCUT2D eigenvalue weighted by Crippen LogP contribution is 2.33. The Hall–Kier alpha value is -4.39. The third-order valence-corrected chi connectivity index (χ3v) is 8.02. The van der Waals surface area contributed by atoms with Crippen LogP contribution in [0.2, 0.25) is 0 Å². The zero-order valence-electron chi connectivity index (χ0n) is 24.8. The standard InChI is InChI=1S/C31H34F3N5O4S/c1-5-6-15-27-36-39(25-13-9-8-12-24(25)31(32,33)34)29(41)38(27)20-21-16-18-22(19-17-21)23-11-7-10-14-26(23)44(42,43)37-28(40)35-30(2,3)4/h7-14,16-19H,5-6,15,20H2,1-4H3,(H2,35,37,40). The van der Waals surface area contributed by atoms with Gasteiger partial charge in [-0.05, 0) is 56.5 Å². The van der Waals surface area contributed by atoms with Crippen molar-refractivity contribution in [3.63, 3.8) is 0 Å². The van der Waals surface area contributed by atoms with E-state index in [1.165, 1.54) is 28.8 Å². The minimum atomic E-state index is -4.67. The van der Waals surface area contributed by atoms with Crippen LogP contribution < -0.4 is 15.7 Å². The van der Waals surface area contributed by atoms with Gasteiger partial charge in [0.15, 0.2) is 0 Å². The molecule has 0 aliphatic heterocycles. The Balaban J connectivity index is 1.67. The van der Waals surface area contributed by atoms with E-state index in [1.807, 2.05) is 11.6 Å². The predicted molar refractivity (Wildman–Crippen MR) is 161 cm³/mol. The highest BCUT2D eigenvalue weighted by atomic mass is 32.2. The van der Waals surface area contributed by atoms with Gasteiger partial charge in [0.25, 0.3) is 10.0 Å². The largest absolute Gasteiger partial charge is 0.418 e. The van der Waals surface area contributed by atoms with Crippen molar-refractivity contribution < 1.29 is 26.4 Å². The van der Waals surface area contributed by atoms with Crippen LogP contribution >= 0.6 is 0 Å². The molecule has 9 nitrogen and oxygen atoms in total. The predicted octanol–water partition coefficient (Wildman–Crippen LogP) is 5.90. The molecule has 0 saturated carbocycles. The second kappa shape index (κ2) is 12.7. The van der Waals surface area contributed by atoms with E-state index in [9.17, 15) is 31.2 Å². The molecule has 3 aromatic carbocycles. The van der Waals surface area contributed by atoms with Crippen molar-refractivity contribution in [3.05, 3.63) is 100 Å². The first-order valence-corrected chi connectivity index (χ1v) is 15.5. The van der Waals surface area contributed by atoms with Gasteiger partial charge < -0.3 is 5.32 Å². The molecule has 4 aromatic rings. The minimum Gasteiger partial charge on any atom is -0.333 e. The van der Waals surface area contributed by atoms with Crippen LogP contribution in [0.5, 0.6) is 0 Å². The van der Waals surface area contributed by atoms with Crippen LogP contribution in [-0.4, -0.2) is 34.3 Å². The second-order valence-corrected chi connectivity index (χ2v) is 13.0. The summed E-state index contributed by atoms with van der Waals surface area (Å²) in [5.41, 5.74) is -1.11. The smallest absolute Gasteiger partial charge is 0.333 e. The van der Waals surface area contributed by atoms with Gasteiger partial charge in [-0.3, -0.25) is 4.57 Å². The van der Waals surface area contributed by atoms with Crippen LogP contribution in [-0.2, 0) is 29.2 Å². The number of para-hydroxylation sites is 1. The lowest BCUT2D eigenvalue weighted by molar-refractivity contribution is -0.137. The number of urea groups is 1. The molecule has 0 spiro atoms. The van der Waals surface area contributed by atoms with Crippen molar-refractivity contribution in [1.29, 1.82) is 0 Å². The van der Waals surface area contributed by atoms with Crippen molar-refractivity contribution in [2.75, 3.05) is 0 Å². The number of aromatic nitrogens is 3. The van der Waals surface area contributed by atoms with Gasteiger partial charge in [-0.25, -0.2) is 22.7 Å². The van der Waals surface area contributed by atoms with E-state index in [4.69, 9.17) is 0 Å². The lowest BCUT2D eigenvalue weighted by atomic mass is 10.0. The Bertz CT molecular complexity index is 1810. The minimum absolute atomic E-state index is 0.0425. The Morgan fingerprint density at radius 3 is 2.20 bits per heavy atom. The number of halogens is 3. The number of alkyl halides is 3. The molecule has 234 valence electrons. The van der Waals surface area contributed by atoms with Gasteiger partial charge >= 0.3 is 17.9 Å². The number of amides is 2. The van der Waals surface area contributed by atoms with Crippen LogP contribution in [0.25, 0.3) is 16.8 Å². The number of carbonyl (C=O) groups is 1. The van der Waals surface area contributed by atoms with E-state index < -0.39 is 39.0 Å². The van der Waals surface area contributed by atoms with E-state index in [1.54, 1.807) is 63.2 Å². The summed E-state index contributed by atoms with van der Waals surface area (Å²) in [6.07, 6.45) is -2.80. The SMILES string of the molecule is CCCCc1nn(-c2ccccc2C(F)(F)F)c(=O)n1Cc1ccc(-c2ccccc2S(=O)(=O)NC(=O)NC(C)(C)C)cc1. The molecule has 0 aliphatic rings. The number of nitrogens with one attached hydrogen (secondary N) is 2. The molecule has 1 heterocycles. The van der Waals surface area contributed by atoms with E-state index >= 15 is 0 Å². The molecule has 0 unspecified atom stereocenters. The maximum atomic E-state index is 13.7. The fourth-order valence-corrected chi connectivity index (χ4v) is 5.76. The normalized spacial score (nSPS) is 12.2. The number of carbonyl (C=O) groups excluding carboxylic acids is 1. The molecule has 4 rings (SSSR count).